The van der Waals surface area contributed by atoms with Crippen LogP contribution in [0.1, 0.15) is 36.7 Å². The van der Waals surface area contributed by atoms with Crippen LogP contribution in [0.3, 0.4) is 0 Å². The van der Waals surface area contributed by atoms with Gasteiger partial charge < -0.3 is 0 Å². The zero-order valence-corrected chi connectivity index (χ0v) is 15.7. The van der Waals surface area contributed by atoms with Crippen LogP contribution in [-0.4, -0.2) is 14.3 Å². The van der Waals surface area contributed by atoms with E-state index in [1.807, 2.05) is 26.2 Å². The highest BCUT2D eigenvalue weighted by atomic mass is 35.5. The number of amides is 1. The lowest BCUT2D eigenvalue weighted by molar-refractivity contribution is 0.0954. The number of hydrazine groups is 1. The number of sulfonamides is 1. The molecule has 0 saturated carbocycles. The highest BCUT2D eigenvalue weighted by molar-refractivity contribution is 7.92. The monoisotopic (exact) mass is 381 g/mol. The number of anilines is 1. The van der Waals surface area contributed by atoms with E-state index in [-0.39, 0.29) is 26.6 Å². The number of carbonyl (C=O) groups is 1. The van der Waals surface area contributed by atoms with Gasteiger partial charge in [-0.3, -0.25) is 14.9 Å². The molecule has 2 rings (SSSR count). The zero-order valence-electron chi connectivity index (χ0n) is 14.1. The first kappa shape index (κ1) is 19.2. The molecule has 0 saturated heterocycles. The Hall–Kier alpha value is -2.09. The van der Waals surface area contributed by atoms with Gasteiger partial charge in [0.05, 0.1) is 16.1 Å². The first-order valence-electron chi connectivity index (χ1n) is 7.48. The number of rotatable bonds is 4. The minimum atomic E-state index is -3.89. The molecule has 0 radical (unpaired) electrons. The van der Waals surface area contributed by atoms with Gasteiger partial charge in [-0.25, -0.2) is 14.3 Å². The van der Waals surface area contributed by atoms with Crippen molar-refractivity contribution < 1.29 is 13.2 Å². The molecule has 0 unspecified atom stereocenters. The minimum Gasteiger partial charge on any atom is -0.290 e. The lowest BCUT2D eigenvalue weighted by Crippen LogP contribution is -2.31. The van der Waals surface area contributed by atoms with Crippen molar-refractivity contribution in [2.75, 3.05) is 4.72 Å². The van der Waals surface area contributed by atoms with Crippen LogP contribution in [0.5, 0.6) is 0 Å². The number of nitrogens with two attached hydrogens (primary N) is 1. The molecule has 134 valence electrons. The molecule has 6 nitrogen and oxygen atoms in total. The summed E-state index contributed by atoms with van der Waals surface area (Å²) < 4.78 is 27.6. The van der Waals surface area contributed by atoms with Crippen LogP contribution in [0.25, 0.3) is 0 Å². The number of carbonyl (C=O) groups excluding carboxylic acids is 1. The van der Waals surface area contributed by atoms with Crippen molar-refractivity contribution in [3.05, 3.63) is 58.6 Å². The van der Waals surface area contributed by atoms with E-state index in [1.54, 1.807) is 12.1 Å². The lowest BCUT2D eigenvalue weighted by atomic mass is 9.87. The Morgan fingerprint density at radius 3 is 2.20 bits per heavy atom. The fourth-order valence-corrected chi connectivity index (χ4v) is 3.46. The summed E-state index contributed by atoms with van der Waals surface area (Å²) in [6, 6.07) is 10.8. The summed E-state index contributed by atoms with van der Waals surface area (Å²) in [5, 5.41) is 0.286. The molecule has 2 aromatic rings. The van der Waals surface area contributed by atoms with Gasteiger partial charge in [-0.05, 0) is 41.3 Å². The lowest BCUT2D eigenvalue weighted by Gasteiger charge is -2.19. The van der Waals surface area contributed by atoms with Crippen LogP contribution in [0, 0.1) is 0 Å². The molecule has 1 amide bonds. The molecule has 2 aromatic carbocycles. The molecule has 0 atom stereocenters. The van der Waals surface area contributed by atoms with Crippen molar-refractivity contribution in [3.63, 3.8) is 0 Å². The van der Waals surface area contributed by atoms with Gasteiger partial charge in [-0.2, -0.15) is 0 Å². The Balaban J connectivity index is 2.39. The Kier molecular flexibility index (Phi) is 5.41. The van der Waals surface area contributed by atoms with E-state index >= 15 is 0 Å². The molecule has 0 bridgehead atoms. The Bertz CT molecular complexity index is 888. The summed E-state index contributed by atoms with van der Waals surface area (Å²) in [7, 11) is -3.89. The van der Waals surface area contributed by atoms with Gasteiger partial charge in [-0.15, -0.1) is 0 Å². The van der Waals surface area contributed by atoms with E-state index < -0.39 is 15.9 Å². The van der Waals surface area contributed by atoms with E-state index in [0.717, 1.165) is 5.56 Å². The Morgan fingerprint density at radius 2 is 1.68 bits per heavy atom. The quantitative estimate of drug-likeness (QED) is 0.430. The molecule has 0 fully saturated rings. The number of benzene rings is 2. The molecule has 0 aliphatic rings. The van der Waals surface area contributed by atoms with Gasteiger partial charge in [0.15, 0.2) is 0 Å². The molecule has 4 N–H and O–H groups in total. The molecular weight excluding hydrogens is 362 g/mol. The maximum Gasteiger partial charge on any atom is 0.267 e. The van der Waals surface area contributed by atoms with Crippen molar-refractivity contribution in [1.82, 2.24) is 5.43 Å². The standard InChI is InChI=1S/C17H20ClN3O3S/c1-17(2,3)11-4-7-13(8-5-11)25(23,24)21-15-10-12(18)6-9-14(15)16(22)20-19/h4-10,21H,19H2,1-3H3,(H,20,22). The predicted molar refractivity (Wildman–Crippen MR) is 99.1 cm³/mol. The van der Waals surface area contributed by atoms with Crippen molar-refractivity contribution >= 4 is 33.2 Å². The summed E-state index contributed by atoms with van der Waals surface area (Å²) in [6.07, 6.45) is 0. The van der Waals surface area contributed by atoms with Gasteiger partial charge in [0.2, 0.25) is 0 Å². The normalized spacial score (nSPS) is 11.9. The first-order chi connectivity index (χ1) is 11.5. The average Bonchev–Trinajstić information content (AvgIpc) is 2.53. The fourth-order valence-electron chi connectivity index (χ4n) is 2.21. The average molecular weight is 382 g/mol. The third-order valence-corrected chi connectivity index (χ3v) is 5.25. The smallest absolute Gasteiger partial charge is 0.267 e. The molecule has 0 spiro atoms. The van der Waals surface area contributed by atoms with Gasteiger partial charge in [0.1, 0.15) is 0 Å². The number of nitrogens with one attached hydrogen (secondary N) is 2. The fraction of sp³-hybridized carbons (Fsp3) is 0.235. The van der Waals surface area contributed by atoms with E-state index in [1.165, 1.54) is 30.3 Å². The van der Waals surface area contributed by atoms with Crippen LogP contribution in [-0.2, 0) is 15.4 Å². The summed E-state index contributed by atoms with van der Waals surface area (Å²) in [5.74, 6) is 4.51. The van der Waals surface area contributed by atoms with E-state index in [2.05, 4.69) is 4.72 Å². The SMILES string of the molecule is CC(C)(C)c1ccc(S(=O)(=O)Nc2cc(Cl)ccc2C(=O)NN)cc1. The number of hydrogen-bond acceptors (Lipinski definition) is 4. The summed E-state index contributed by atoms with van der Waals surface area (Å²) in [6.45, 7) is 6.12. The highest BCUT2D eigenvalue weighted by Crippen LogP contribution is 2.26. The molecule has 0 aliphatic carbocycles. The number of nitrogen functional groups attached to an aromatic ring is 1. The van der Waals surface area contributed by atoms with Crippen molar-refractivity contribution in [1.29, 1.82) is 0 Å². The van der Waals surface area contributed by atoms with Gasteiger partial charge in [-0.1, -0.05) is 44.5 Å². The van der Waals surface area contributed by atoms with Gasteiger partial charge in [0, 0.05) is 5.02 Å². The summed E-state index contributed by atoms with van der Waals surface area (Å²) in [4.78, 5) is 11.9. The second kappa shape index (κ2) is 7.03. The van der Waals surface area contributed by atoms with Gasteiger partial charge >= 0.3 is 0 Å². The van der Waals surface area contributed by atoms with E-state index in [9.17, 15) is 13.2 Å². The van der Waals surface area contributed by atoms with Crippen molar-refractivity contribution in [2.45, 2.75) is 31.1 Å². The maximum absolute atomic E-state index is 12.6. The number of hydrogen-bond donors (Lipinski definition) is 3. The second-order valence-electron chi connectivity index (χ2n) is 6.54. The van der Waals surface area contributed by atoms with Crippen molar-refractivity contribution in [2.24, 2.45) is 5.84 Å². The predicted octanol–water partition coefficient (Wildman–Crippen LogP) is 3.04. The largest absolute Gasteiger partial charge is 0.290 e. The second-order valence-corrected chi connectivity index (χ2v) is 8.66. The Morgan fingerprint density at radius 1 is 1.08 bits per heavy atom. The van der Waals surface area contributed by atoms with Crippen LogP contribution >= 0.6 is 11.6 Å². The molecule has 25 heavy (non-hydrogen) atoms. The molecule has 0 heterocycles. The van der Waals surface area contributed by atoms with E-state index in [0.29, 0.717) is 0 Å². The zero-order chi connectivity index (χ0) is 18.8. The van der Waals surface area contributed by atoms with Gasteiger partial charge in [0.25, 0.3) is 15.9 Å². The summed E-state index contributed by atoms with van der Waals surface area (Å²) in [5.41, 5.74) is 3.02. The van der Waals surface area contributed by atoms with Crippen LogP contribution in [0.2, 0.25) is 5.02 Å². The molecule has 0 aliphatic heterocycles. The molecule has 0 aromatic heterocycles. The highest BCUT2D eigenvalue weighted by Gasteiger charge is 2.20. The van der Waals surface area contributed by atoms with Crippen molar-refractivity contribution in [3.8, 4) is 0 Å². The maximum atomic E-state index is 12.6. The number of halogens is 1. The molecule has 8 heteroatoms. The molecular formula is C17H20ClN3O3S. The summed E-state index contributed by atoms with van der Waals surface area (Å²) >= 11 is 5.91. The Labute approximate surface area is 152 Å². The third-order valence-electron chi connectivity index (χ3n) is 3.63. The third kappa shape index (κ3) is 4.50. The first-order valence-corrected chi connectivity index (χ1v) is 9.34. The van der Waals surface area contributed by atoms with Crippen LogP contribution in [0.4, 0.5) is 5.69 Å². The van der Waals surface area contributed by atoms with Crippen LogP contribution in [0.15, 0.2) is 47.4 Å². The topological polar surface area (TPSA) is 101 Å². The van der Waals surface area contributed by atoms with Crippen LogP contribution < -0.4 is 16.0 Å². The van der Waals surface area contributed by atoms with E-state index in [4.69, 9.17) is 17.4 Å². The minimum absolute atomic E-state index is 0.0512.